The summed E-state index contributed by atoms with van der Waals surface area (Å²) < 4.78 is 17.0. The zero-order valence-electron chi connectivity index (χ0n) is 16.7. The molecule has 1 unspecified atom stereocenters. The van der Waals surface area contributed by atoms with Crippen LogP contribution < -0.4 is 19.5 Å². The first-order chi connectivity index (χ1) is 13.1. The largest absolute Gasteiger partial charge is 0.496 e. The minimum Gasteiger partial charge on any atom is -0.496 e. The summed E-state index contributed by atoms with van der Waals surface area (Å²) in [6, 6.07) is 14.8. The van der Waals surface area contributed by atoms with E-state index in [1.165, 1.54) is 11.1 Å². The van der Waals surface area contributed by atoms with Crippen LogP contribution in [0.3, 0.4) is 0 Å². The molecule has 0 radical (unpaired) electrons. The molecule has 1 aliphatic rings. The lowest BCUT2D eigenvalue weighted by Gasteiger charge is -2.37. The van der Waals surface area contributed by atoms with Crippen molar-refractivity contribution in [2.45, 2.75) is 32.5 Å². The van der Waals surface area contributed by atoms with Crippen molar-refractivity contribution in [2.75, 3.05) is 33.9 Å². The third kappa shape index (κ3) is 4.73. The van der Waals surface area contributed by atoms with Gasteiger partial charge in [0.05, 0.1) is 26.4 Å². The van der Waals surface area contributed by atoms with Gasteiger partial charge in [-0.25, -0.2) is 0 Å². The number of hydrogen-bond donors (Lipinski definition) is 1. The number of hydrogen-bond acceptors (Lipinski definition) is 5. The van der Waals surface area contributed by atoms with Gasteiger partial charge in [0, 0.05) is 31.7 Å². The number of benzene rings is 2. The number of piperazine rings is 1. The van der Waals surface area contributed by atoms with Gasteiger partial charge in [0.15, 0.2) is 11.5 Å². The predicted octanol–water partition coefficient (Wildman–Crippen LogP) is 3.64. The predicted molar refractivity (Wildman–Crippen MR) is 108 cm³/mol. The highest BCUT2D eigenvalue weighted by atomic mass is 16.5. The molecule has 1 aliphatic heterocycles. The van der Waals surface area contributed by atoms with Crippen LogP contribution in [0.15, 0.2) is 42.5 Å². The summed E-state index contributed by atoms with van der Waals surface area (Å²) in [6.45, 7) is 7.76. The summed E-state index contributed by atoms with van der Waals surface area (Å²) >= 11 is 0. The van der Waals surface area contributed by atoms with Gasteiger partial charge in [0.25, 0.3) is 0 Å². The number of para-hydroxylation sites is 1. The molecular formula is C22H30N2O3. The van der Waals surface area contributed by atoms with Crippen LogP contribution in [0.25, 0.3) is 0 Å². The van der Waals surface area contributed by atoms with Crippen LogP contribution in [0.1, 0.15) is 31.0 Å². The Morgan fingerprint density at radius 2 is 1.81 bits per heavy atom. The van der Waals surface area contributed by atoms with Crippen LogP contribution in [0, 0.1) is 0 Å². The van der Waals surface area contributed by atoms with Crippen molar-refractivity contribution in [3.05, 3.63) is 53.6 Å². The van der Waals surface area contributed by atoms with Crippen molar-refractivity contribution in [3.8, 4) is 17.2 Å². The Balaban J connectivity index is 1.82. The van der Waals surface area contributed by atoms with Crippen molar-refractivity contribution in [1.82, 2.24) is 10.2 Å². The molecule has 2 aromatic rings. The van der Waals surface area contributed by atoms with Gasteiger partial charge < -0.3 is 19.5 Å². The summed E-state index contributed by atoms with van der Waals surface area (Å²) in [5, 5.41) is 3.51. The summed E-state index contributed by atoms with van der Waals surface area (Å²) in [7, 11) is 3.42. The fourth-order valence-corrected chi connectivity index (χ4v) is 3.58. The van der Waals surface area contributed by atoms with Crippen molar-refractivity contribution in [1.29, 1.82) is 0 Å². The van der Waals surface area contributed by atoms with E-state index in [1.54, 1.807) is 14.2 Å². The molecule has 3 rings (SSSR count). The SMILES string of the molecule is COc1cc(CN2CCNCC2c2ccccc2OC)ccc1OC(C)C. The number of ether oxygens (including phenoxy) is 3. The second kappa shape index (κ2) is 9.11. The zero-order valence-corrected chi connectivity index (χ0v) is 16.7. The monoisotopic (exact) mass is 370 g/mol. The summed E-state index contributed by atoms with van der Waals surface area (Å²) in [5.41, 5.74) is 2.43. The van der Waals surface area contributed by atoms with E-state index in [0.717, 1.165) is 43.4 Å². The van der Waals surface area contributed by atoms with Crippen molar-refractivity contribution in [2.24, 2.45) is 0 Å². The smallest absolute Gasteiger partial charge is 0.161 e. The molecule has 2 aromatic carbocycles. The lowest BCUT2D eigenvalue weighted by Crippen LogP contribution is -2.45. The minimum absolute atomic E-state index is 0.118. The molecule has 1 N–H and O–H groups in total. The van der Waals surface area contributed by atoms with E-state index in [9.17, 15) is 0 Å². The van der Waals surface area contributed by atoms with Gasteiger partial charge in [-0.1, -0.05) is 24.3 Å². The van der Waals surface area contributed by atoms with Gasteiger partial charge >= 0.3 is 0 Å². The molecule has 1 saturated heterocycles. The fourth-order valence-electron chi connectivity index (χ4n) is 3.58. The van der Waals surface area contributed by atoms with Crippen LogP contribution in [0.5, 0.6) is 17.2 Å². The topological polar surface area (TPSA) is 43.0 Å². The third-order valence-electron chi connectivity index (χ3n) is 4.83. The second-order valence-corrected chi connectivity index (χ2v) is 7.08. The minimum atomic E-state index is 0.118. The highest BCUT2D eigenvalue weighted by Crippen LogP contribution is 2.33. The molecule has 1 fully saturated rings. The molecule has 0 saturated carbocycles. The second-order valence-electron chi connectivity index (χ2n) is 7.08. The maximum absolute atomic E-state index is 5.84. The summed E-state index contributed by atoms with van der Waals surface area (Å²) in [6.07, 6.45) is 0.118. The lowest BCUT2D eigenvalue weighted by atomic mass is 10.0. The highest BCUT2D eigenvalue weighted by molar-refractivity contribution is 5.43. The Hall–Kier alpha value is -2.24. The van der Waals surface area contributed by atoms with Gasteiger partial charge in [-0.2, -0.15) is 0 Å². The Morgan fingerprint density at radius 3 is 2.56 bits per heavy atom. The first-order valence-electron chi connectivity index (χ1n) is 9.53. The maximum Gasteiger partial charge on any atom is 0.161 e. The van der Waals surface area contributed by atoms with Crippen LogP contribution >= 0.6 is 0 Å². The molecule has 27 heavy (non-hydrogen) atoms. The van der Waals surface area contributed by atoms with Gasteiger partial charge in [-0.15, -0.1) is 0 Å². The van der Waals surface area contributed by atoms with Gasteiger partial charge in [0.1, 0.15) is 5.75 Å². The van der Waals surface area contributed by atoms with E-state index in [4.69, 9.17) is 14.2 Å². The first-order valence-corrected chi connectivity index (χ1v) is 9.53. The van der Waals surface area contributed by atoms with E-state index in [-0.39, 0.29) is 12.1 Å². The van der Waals surface area contributed by atoms with E-state index in [1.807, 2.05) is 32.0 Å². The van der Waals surface area contributed by atoms with Crippen LogP contribution in [0.4, 0.5) is 0 Å². The quantitative estimate of drug-likeness (QED) is 0.806. The van der Waals surface area contributed by atoms with Crippen LogP contribution in [-0.4, -0.2) is 44.9 Å². The standard InChI is InChI=1S/C22H30N2O3/c1-16(2)27-21-10-9-17(13-22(21)26-4)15-24-12-11-23-14-19(24)18-7-5-6-8-20(18)25-3/h5-10,13,16,19,23H,11-12,14-15H2,1-4H3. The Labute approximate surface area is 162 Å². The van der Waals surface area contributed by atoms with Gasteiger partial charge in [-0.3, -0.25) is 4.90 Å². The average molecular weight is 370 g/mol. The first kappa shape index (κ1) is 19.5. The molecule has 5 heteroatoms. The number of nitrogens with one attached hydrogen (secondary N) is 1. The van der Waals surface area contributed by atoms with Crippen LogP contribution in [-0.2, 0) is 6.54 Å². The molecular weight excluding hydrogens is 340 g/mol. The maximum atomic E-state index is 5.84. The molecule has 0 spiro atoms. The molecule has 146 valence electrons. The molecule has 0 amide bonds. The number of methoxy groups -OCH3 is 2. The summed E-state index contributed by atoms with van der Waals surface area (Å²) in [4.78, 5) is 2.49. The van der Waals surface area contributed by atoms with E-state index < -0.39 is 0 Å². The van der Waals surface area contributed by atoms with Gasteiger partial charge in [-0.05, 0) is 37.6 Å². The number of rotatable bonds is 7. The Morgan fingerprint density at radius 1 is 1.04 bits per heavy atom. The van der Waals surface area contributed by atoms with Gasteiger partial charge in [0.2, 0.25) is 0 Å². The fraction of sp³-hybridized carbons (Fsp3) is 0.455. The van der Waals surface area contributed by atoms with E-state index in [2.05, 4.69) is 34.5 Å². The molecule has 1 atom stereocenters. The zero-order chi connectivity index (χ0) is 19.2. The van der Waals surface area contributed by atoms with Crippen LogP contribution in [0.2, 0.25) is 0 Å². The molecule has 0 aliphatic carbocycles. The lowest BCUT2D eigenvalue weighted by molar-refractivity contribution is 0.150. The average Bonchev–Trinajstić information content (AvgIpc) is 2.69. The highest BCUT2D eigenvalue weighted by Gasteiger charge is 2.26. The number of nitrogens with zero attached hydrogens (tertiary/aromatic N) is 1. The van der Waals surface area contributed by atoms with Crippen molar-refractivity contribution >= 4 is 0 Å². The molecule has 0 aromatic heterocycles. The van der Waals surface area contributed by atoms with Crippen molar-refractivity contribution in [3.63, 3.8) is 0 Å². The molecule has 0 bridgehead atoms. The van der Waals surface area contributed by atoms with E-state index in [0.29, 0.717) is 0 Å². The molecule has 1 heterocycles. The van der Waals surface area contributed by atoms with Crippen molar-refractivity contribution < 1.29 is 14.2 Å². The van der Waals surface area contributed by atoms with E-state index >= 15 is 0 Å². The summed E-state index contributed by atoms with van der Waals surface area (Å²) in [5.74, 6) is 2.51. The molecule has 5 nitrogen and oxygen atoms in total. The Kier molecular flexibility index (Phi) is 6.58. The third-order valence-corrected chi connectivity index (χ3v) is 4.83. The Bertz CT molecular complexity index is 748. The normalized spacial score (nSPS) is 17.7.